The Bertz CT molecular complexity index is 720. The Hall–Kier alpha value is -2.20. The smallest absolute Gasteiger partial charge is 0.229 e. The molecule has 0 aliphatic carbocycles. The minimum absolute atomic E-state index is 0.196. The Balaban J connectivity index is 1.94. The zero-order chi connectivity index (χ0) is 13.9. The Morgan fingerprint density at radius 3 is 2.75 bits per heavy atom. The summed E-state index contributed by atoms with van der Waals surface area (Å²) in [7, 11) is 0. The first kappa shape index (κ1) is 12.8. The molecule has 3 aromatic rings. The van der Waals surface area contributed by atoms with Crippen molar-refractivity contribution in [2.24, 2.45) is 5.73 Å². The molecule has 20 heavy (non-hydrogen) atoms. The maximum Gasteiger partial charge on any atom is 0.229 e. The third kappa shape index (κ3) is 2.42. The maximum absolute atomic E-state index is 5.56. The van der Waals surface area contributed by atoms with Crippen LogP contribution in [-0.4, -0.2) is 16.7 Å². The summed E-state index contributed by atoms with van der Waals surface area (Å²) in [6.45, 7) is 2.67. The summed E-state index contributed by atoms with van der Waals surface area (Å²) >= 11 is 0. The summed E-state index contributed by atoms with van der Waals surface area (Å²) in [5.74, 6) is 1.48. The normalized spacial score (nSPS) is 12.7. The molecule has 0 fully saturated rings. The molecule has 0 saturated heterocycles. The molecule has 1 unspecified atom stereocenters. The summed E-state index contributed by atoms with van der Waals surface area (Å²) < 4.78 is 5.33. The van der Waals surface area contributed by atoms with Crippen molar-refractivity contribution in [2.75, 3.05) is 6.54 Å². The molecule has 4 nitrogen and oxygen atoms in total. The molecule has 0 radical (unpaired) electrons. The standard InChI is InChI=1S/C16H17N3O/c1-11(8-9-17)16-18-15(19-20-16)14-7-6-12-4-2-3-5-13(12)10-14/h2-7,10-11H,8-9,17H2,1H3. The lowest BCUT2D eigenvalue weighted by Crippen LogP contribution is -2.04. The van der Waals surface area contributed by atoms with E-state index in [0.29, 0.717) is 18.3 Å². The van der Waals surface area contributed by atoms with Crippen molar-refractivity contribution in [3.63, 3.8) is 0 Å². The van der Waals surface area contributed by atoms with Crippen LogP contribution in [0.1, 0.15) is 25.2 Å². The SMILES string of the molecule is CC(CCN)c1nc(-c2ccc3ccccc3c2)no1. The van der Waals surface area contributed by atoms with Crippen molar-refractivity contribution >= 4 is 10.8 Å². The van der Waals surface area contributed by atoms with Gasteiger partial charge in [-0.2, -0.15) is 4.98 Å². The molecule has 1 heterocycles. The zero-order valence-electron chi connectivity index (χ0n) is 11.4. The topological polar surface area (TPSA) is 64.9 Å². The Kier molecular flexibility index (Phi) is 3.48. The van der Waals surface area contributed by atoms with Crippen molar-refractivity contribution in [3.8, 4) is 11.4 Å². The molecule has 2 N–H and O–H groups in total. The first-order chi connectivity index (χ1) is 9.78. The highest BCUT2D eigenvalue weighted by Gasteiger charge is 2.14. The van der Waals surface area contributed by atoms with Gasteiger partial charge in [-0.25, -0.2) is 0 Å². The fraction of sp³-hybridized carbons (Fsp3) is 0.250. The summed E-state index contributed by atoms with van der Waals surface area (Å²) in [5, 5.41) is 6.45. The van der Waals surface area contributed by atoms with Crippen LogP contribution in [0.2, 0.25) is 0 Å². The van der Waals surface area contributed by atoms with Gasteiger partial charge in [0.1, 0.15) is 0 Å². The van der Waals surface area contributed by atoms with Gasteiger partial charge >= 0.3 is 0 Å². The molecule has 0 amide bonds. The highest BCUT2D eigenvalue weighted by molar-refractivity contribution is 5.86. The quantitative estimate of drug-likeness (QED) is 0.787. The molecule has 0 saturated carbocycles. The number of aromatic nitrogens is 2. The van der Waals surface area contributed by atoms with E-state index in [4.69, 9.17) is 10.3 Å². The van der Waals surface area contributed by atoms with Crippen LogP contribution in [-0.2, 0) is 0 Å². The molecule has 3 rings (SSSR count). The molecule has 0 bridgehead atoms. The highest BCUT2D eigenvalue weighted by atomic mass is 16.5. The van der Waals surface area contributed by atoms with Gasteiger partial charge in [0.05, 0.1) is 0 Å². The maximum atomic E-state index is 5.56. The van der Waals surface area contributed by atoms with Gasteiger partial charge in [-0.05, 0) is 29.8 Å². The van der Waals surface area contributed by atoms with E-state index in [1.54, 1.807) is 0 Å². The van der Waals surface area contributed by atoms with E-state index in [9.17, 15) is 0 Å². The van der Waals surface area contributed by atoms with Crippen LogP contribution in [0.25, 0.3) is 22.2 Å². The third-order valence-electron chi connectivity index (χ3n) is 3.47. The van der Waals surface area contributed by atoms with Crippen LogP contribution in [0.4, 0.5) is 0 Å². The van der Waals surface area contributed by atoms with Gasteiger partial charge in [0.25, 0.3) is 0 Å². The van der Waals surface area contributed by atoms with E-state index in [2.05, 4.69) is 34.4 Å². The number of fused-ring (bicyclic) bond motifs is 1. The molecule has 0 aliphatic rings. The molecule has 102 valence electrons. The van der Waals surface area contributed by atoms with E-state index in [1.165, 1.54) is 10.8 Å². The lowest BCUT2D eigenvalue weighted by molar-refractivity contribution is 0.355. The van der Waals surface area contributed by atoms with E-state index in [1.807, 2.05) is 25.1 Å². The first-order valence-electron chi connectivity index (χ1n) is 6.81. The third-order valence-corrected chi connectivity index (χ3v) is 3.47. The minimum Gasteiger partial charge on any atom is -0.339 e. The van der Waals surface area contributed by atoms with Gasteiger partial charge in [-0.15, -0.1) is 0 Å². The van der Waals surface area contributed by atoms with E-state index < -0.39 is 0 Å². The average Bonchev–Trinajstić information content (AvgIpc) is 2.97. The summed E-state index contributed by atoms with van der Waals surface area (Å²) in [5.41, 5.74) is 6.53. The molecule has 1 atom stereocenters. The number of hydrogen-bond acceptors (Lipinski definition) is 4. The monoisotopic (exact) mass is 267 g/mol. The van der Waals surface area contributed by atoms with Gasteiger partial charge in [0.15, 0.2) is 0 Å². The van der Waals surface area contributed by atoms with Gasteiger partial charge in [0, 0.05) is 11.5 Å². The zero-order valence-corrected chi connectivity index (χ0v) is 11.4. The molecule has 2 aromatic carbocycles. The number of rotatable bonds is 4. The molecule has 0 spiro atoms. The number of nitrogens with two attached hydrogens (primary N) is 1. The number of benzene rings is 2. The van der Waals surface area contributed by atoms with Crippen molar-refractivity contribution < 1.29 is 4.52 Å². The molecular formula is C16H17N3O. The minimum atomic E-state index is 0.196. The van der Waals surface area contributed by atoms with Crippen LogP contribution >= 0.6 is 0 Å². The predicted molar refractivity (Wildman–Crippen MR) is 79.3 cm³/mol. The summed E-state index contributed by atoms with van der Waals surface area (Å²) in [4.78, 5) is 4.47. The van der Waals surface area contributed by atoms with Crippen molar-refractivity contribution in [2.45, 2.75) is 19.3 Å². The second-order valence-corrected chi connectivity index (χ2v) is 5.00. The number of hydrogen-bond donors (Lipinski definition) is 1. The van der Waals surface area contributed by atoms with Gasteiger partial charge in [-0.1, -0.05) is 48.5 Å². The van der Waals surface area contributed by atoms with Crippen LogP contribution in [0.5, 0.6) is 0 Å². The molecular weight excluding hydrogens is 250 g/mol. The molecule has 1 aromatic heterocycles. The highest BCUT2D eigenvalue weighted by Crippen LogP contribution is 2.24. The van der Waals surface area contributed by atoms with E-state index in [0.717, 1.165) is 12.0 Å². The van der Waals surface area contributed by atoms with Crippen molar-refractivity contribution in [1.29, 1.82) is 0 Å². The fourth-order valence-electron chi connectivity index (χ4n) is 2.25. The largest absolute Gasteiger partial charge is 0.339 e. The van der Waals surface area contributed by atoms with Gasteiger partial charge in [-0.3, -0.25) is 0 Å². The van der Waals surface area contributed by atoms with Crippen LogP contribution in [0.3, 0.4) is 0 Å². The van der Waals surface area contributed by atoms with Crippen molar-refractivity contribution in [3.05, 3.63) is 48.4 Å². The Morgan fingerprint density at radius 1 is 1.15 bits per heavy atom. The second-order valence-electron chi connectivity index (χ2n) is 5.00. The lowest BCUT2D eigenvalue weighted by atomic mass is 10.1. The lowest BCUT2D eigenvalue weighted by Gasteiger charge is -2.02. The van der Waals surface area contributed by atoms with Crippen LogP contribution in [0.15, 0.2) is 47.0 Å². The predicted octanol–water partition coefficient (Wildman–Crippen LogP) is 3.34. The van der Waals surface area contributed by atoms with E-state index in [-0.39, 0.29) is 5.92 Å². The summed E-state index contributed by atoms with van der Waals surface area (Å²) in [6, 6.07) is 14.4. The van der Waals surface area contributed by atoms with Gasteiger partial charge < -0.3 is 10.3 Å². The van der Waals surface area contributed by atoms with Crippen LogP contribution < -0.4 is 5.73 Å². The Labute approximate surface area is 117 Å². The van der Waals surface area contributed by atoms with E-state index >= 15 is 0 Å². The van der Waals surface area contributed by atoms with Gasteiger partial charge in [0.2, 0.25) is 11.7 Å². The fourth-order valence-corrected chi connectivity index (χ4v) is 2.25. The first-order valence-corrected chi connectivity index (χ1v) is 6.81. The molecule has 4 heteroatoms. The second kappa shape index (κ2) is 5.43. The summed E-state index contributed by atoms with van der Waals surface area (Å²) in [6.07, 6.45) is 0.847. The number of nitrogens with zero attached hydrogens (tertiary/aromatic N) is 2. The Morgan fingerprint density at radius 2 is 1.95 bits per heavy atom. The average molecular weight is 267 g/mol. The van der Waals surface area contributed by atoms with Crippen molar-refractivity contribution in [1.82, 2.24) is 10.1 Å². The molecule has 0 aliphatic heterocycles. The van der Waals surface area contributed by atoms with Crippen LogP contribution in [0, 0.1) is 0 Å².